The summed E-state index contributed by atoms with van der Waals surface area (Å²) in [7, 11) is 3.99. The van der Waals surface area contributed by atoms with Gasteiger partial charge in [0, 0.05) is 17.8 Å². The highest BCUT2D eigenvalue weighted by atomic mass is 35.5. The SMILES string of the molecule is COC(=O)c1ccc(NC(=O)c2ccccc2F)cc1O.COc1cc(OC)c(NC(=O)C(=O)O)cc1Cl. The number of halogens is 2. The quantitative estimate of drug-likeness (QED) is 0.264. The Morgan fingerprint density at radius 1 is 0.868 bits per heavy atom. The zero-order chi connectivity index (χ0) is 28.4. The highest BCUT2D eigenvalue weighted by Crippen LogP contribution is 2.35. The van der Waals surface area contributed by atoms with Gasteiger partial charge in [0.25, 0.3) is 5.91 Å². The van der Waals surface area contributed by atoms with E-state index in [0.717, 1.165) is 0 Å². The number of nitrogens with one attached hydrogen (secondary N) is 2. The van der Waals surface area contributed by atoms with E-state index in [9.17, 15) is 28.7 Å². The van der Waals surface area contributed by atoms with Crippen LogP contribution in [0.15, 0.2) is 54.6 Å². The molecule has 3 aromatic rings. The third kappa shape index (κ3) is 7.58. The number of carboxylic acid groups (broad SMARTS) is 1. The summed E-state index contributed by atoms with van der Waals surface area (Å²) in [6, 6.07) is 12.2. The van der Waals surface area contributed by atoms with E-state index in [-0.39, 0.29) is 39.0 Å². The number of methoxy groups -OCH3 is 3. The average Bonchev–Trinajstić information content (AvgIpc) is 2.89. The van der Waals surface area contributed by atoms with E-state index in [2.05, 4.69) is 15.4 Å². The summed E-state index contributed by atoms with van der Waals surface area (Å²) in [5, 5.41) is 23.0. The number of aliphatic carboxylic acids is 1. The van der Waals surface area contributed by atoms with Crippen molar-refractivity contribution in [3.8, 4) is 17.2 Å². The molecule has 38 heavy (non-hydrogen) atoms. The molecule has 11 nitrogen and oxygen atoms in total. The summed E-state index contributed by atoms with van der Waals surface area (Å²) in [4.78, 5) is 44.6. The predicted octanol–water partition coefficient (Wildman–Crippen LogP) is 3.95. The molecule has 0 saturated carbocycles. The number of esters is 1. The number of carbonyl (C=O) groups is 4. The van der Waals surface area contributed by atoms with Crippen molar-refractivity contribution in [2.24, 2.45) is 0 Å². The first-order chi connectivity index (χ1) is 18.0. The van der Waals surface area contributed by atoms with Gasteiger partial charge in [0.05, 0.1) is 37.6 Å². The predicted molar refractivity (Wildman–Crippen MR) is 135 cm³/mol. The van der Waals surface area contributed by atoms with Gasteiger partial charge in [-0.1, -0.05) is 23.7 Å². The van der Waals surface area contributed by atoms with Gasteiger partial charge in [0.15, 0.2) is 0 Å². The standard InChI is InChI=1S/C15H12FNO4.C10H10ClNO5/c1-21-15(20)11-7-6-9(8-13(11)18)17-14(19)10-4-2-3-5-12(10)16;1-16-7-4-8(17-2)6(3-5(7)11)12-9(13)10(14)15/h2-8,18H,1H3,(H,17,19);3-4H,1-2H3,(H,12,13)(H,14,15). The highest BCUT2D eigenvalue weighted by molar-refractivity contribution is 6.37. The monoisotopic (exact) mass is 548 g/mol. The van der Waals surface area contributed by atoms with E-state index in [0.29, 0.717) is 5.75 Å². The van der Waals surface area contributed by atoms with Crippen molar-refractivity contribution >= 4 is 46.7 Å². The molecule has 3 aromatic carbocycles. The number of aromatic hydroxyl groups is 1. The van der Waals surface area contributed by atoms with E-state index in [1.807, 2.05) is 0 Å². The molecule has 0 saturated heterocycles. The summed E-state index contributed by atoms with van der Waals surface area (Å²) in [6.07, 6.45) is 0. The number of hydrogen-bond donors (Lipinski definition) is 4. The normalized spacial score (nSPS) is 9.82. The Labute approximate surface area is 220 Å². The van der Waals surface area contributed by atoms with Crippen LogP contribution in [0.3, 0.4) is 0 Å². The second kappa shape index (κ2) is 13.5. The third-order valence-electron chi connectivity index (χ3n) is 4.70. The average molecular weight is 549 g/mol. The third-order valence-corrected chi connectivity index (χ3v) is 4.99. The summed E-state index contributed by atoms with van der Waals surface area (Å²) in [6.45, 7) is 0. The molecule has 0 aliphatic carbocycles. The van der Waals surface area contributed by atoms with Crippen LogP contribution < -0.4 is 20.1 Å². The van der Waals surface area contributed by atoms with E-state index in [1.54, 1.807) is 0 Å². The minimum absolute atomic E-state index is 0.0265. The first kappa shape index (κ1) is 29.4. The fourth-order valence-corrected chi connectivity index (χ4v) is 3.11. The number of benzene rings is 3. The molecule has 0 fully saturated rings. The number of amides is 2. The van der Waals surface area contributed by atoms with Crippen LogP contribution in [0.4, 0.5) is 15.8 Å². The lowest BCUT2D eigenvalue weighted by Crippen LogP contribution is -2.22. The molecule has 0 heterocycles. The van der Waals surface area contributed by atoms with Crippen LogP contribution in [-0.2, 0) is 14.3 Å². The van der Waals surface area contributed by atoms with Crippen molar-refractivity contribution in [2.45, 2.75) is 0 Å². The first-order valence-corrected chi connectivity index (χ1v) is 10.8. The maximum atomic E-state index is 13.5. The van der Waals surface area contributed by atoms with E-state index < -0.39 is 29.6 Å². The fourth-order valence-electron chi connectivity index (χ4n) is 2.87. The maximum absolute atomic E-state index is 13.5. The highest BCUT2D eigenvalue weighted by Gasteiger charge is 2.17. The molecule has 0 radical (unpaired) electrons. The molecule has 0 atom stereocenters. The van der Waals surface area contributed by atoms with Crippen molar-refractivity contribution in [2.75, 3.05) is 32.0 Å². The second-order valence-corrected chi connectivity index (χ2v) is 7.51. The Morgan fingerprint density at radius 2 is 1.53 bits per heavy atom. The van der Waals surface area contributed by atoms with Gasteiger partial charge in [0.2, 0.25) is 0 Å². The van der Waals surface area contributed by atoms with Crippen molar-refractivity contribution < 1.29 is 48.0 Å². The molecule has 4 N–H and O–H groups in total. The van der Waals surface area contributed by atoms with Crippen LogP contribution in [0.2, 0.25) is 5.02 Å². The topological polar surface area (TPSA) is 160 Å². The summed E-state index contributed by atoms with van der Waals surface area (Å²) < 4.78 is 27.9. The Bertz CT molecular complexity index is 1360. The Morgan fingerprint density at radius 3 is 2.08 bits per heavy atom. The number of hydrogen-bond acceptors (Lipinski definition) is 8. The fraction of sp³-hybridized carbons (Fsp3) is 0.120. The lowest BCUT2D eigenvalue weighted by atomic mass is 10.1. The van der Waals surface area contributed by atoms with Gasteiger partial charge in [-0.25, -0.2) is 14.0 Å². The summed E-state index contributed by atoms with van der Waals surface area (Å²) >= 11 is 5.84. The van der Waals surface area contributed by atoms with Crippen molar-refractivity contribution in [3.63, 3.8) is 0 Å². The lowest BCUT2D eigenvalue weighted by Gasteiger charge is -2.11. The summed E-state index contributed by atoms with van der Waals surface area (Å²) in [5.41, 5.74) is 0.245. The van der Waals surface area contributed by atoms with Gasteiger partial charge < -0.3 is 35.1 Å². The molecule has 0 bridgehead atoms. The van der Waals surface area contributed by atoms with Gasteiger partial charge in [-0.15, -0.1) is 0 Å². The number of carboxylic acids is 1. The molecule has 0 aromatic heterocycles. The maximum Gasteiger partial charge on any atom is 0.394 e. The smallest absolute Gasteiger partial charge is 0.394 e. The van der Waals surface area contributed by atoms with Gasteiger partial charge >= 0.3 is 17.8 Å². The van der Waals surface area contributed by atoms with Crippen molar-refractivity contribution in [1.29, 1.82) is 0 Å². The zero-order valence-electron chi connectivity index (χ0n) is 20.2. The number of anilines is 2. The van der Waals surface area contributed by atoms with E-state index in [1.165, 1.54) is 75.9 Å². The number of carbonyl (C=O) groups excluding carboxylic acids is 3. The molecule has 200 valence electrons. The molecule has 0 aliphatic rings. The molecule has 0 aliphatic heterocycles. The molecule has 13 heteroatoms. The second-order valence-electron chi connectivity index (χ2n) is 7.10. The molecule has 0 spiro atoms. The zero-order valence-corrected chi connectivity index (χ0v) is 21.0. The lowest BCUT2D eigenvalue weighted by molar-refractivity contribution is -0.147. The van der Waals surface area contributed by atoms with Crippen molar-refractivity contribution in [3.05, 3.63) is 76.6 Å². The van der Waals surface area contributed by atoms with Crippen molar-refractivity contribution in [1.82, 2.24) is 0 Å². The Hall–Kier alpha value is -4.84. The molecular weight excluding hydrogens is 527 g/mol. The van der Waals surface area contributed by atoms with Gasteiger partial charge in [-0.3, -0.25) is 9.59 Å². The molecule has 2 amide bonds. The minimum atomic E-state index is -1.60. The van der Waals surface area contributed by atoms with Crippen LogP contribution in [0.1, 0.15) is 20.7 Å². The van der Waals surface area contributed by atoms with Crippen LogP contribution >= 0.6 is 11.6 Å². The largest absolute Gasteiger partial charge is 0.507 e. The molecule has 0 unspecified atom stereocenters. The summed E-state index contributed by atoms with van der Waals surface area (Å²) in [5.74, 6) is -4.50. The Kier molecular flexibility index (Phi) is 10.4. The van der Waals surface area contributed by atoms with Crippen LogP contribution in [0.5, 0.6) is 17.2 Å². The number of phenols is 1. The number of rotatable bonds is 6. The molecular formula is C25H22ClFN2O9. The first-order valence-electron chi connectivity index (χ1n) is 10.4. The van der Waals surface area contributed by atoms with E-state index >= 15 is 0 Å². The minimum Gasteiger partial charge on any atom is -0.507 e. The Balaban J connectivity index is 0.000000273. The van der Waals surface area contributed by atoms with Crippen LogP contribution in [-0.4, -0.2) is 55.3 Å². The van der Waals surface area contributed by atoms with Crippen LogP contribution in [0, 0.1) is 5.82 Å². The van der Waals surface area contributed by atoms with Crippen LogP contribution in [0.25, 0.3) is 0 Å². The number of phenolic OH excluding ortho intramolecular Hbond substituents is 1. The molecule has 3 rings (SSSR count). The van der Waals surface area contributed by atoms with Gasteiger partial charge in [-0.2, -0.15) is 0 Å². The number of ether oxygens (including phenoxy) is 3. The van der Waals surface area contributed by atoms with Gasteiger partial charge in [-0.05, 0) is 30.3 Å². The van der Waals surface area contributed by atoms with Gasteiger partial charge in [0.1, 0.15) is 28.6 Å². The van der Waals surface area contributed by atoms with E-state index in [4.69, 9.17) is 26.2 Å².